The van der Waals surface area contributed by atoms with Crippen molar-refractivity contribution in [1.82, 2.24) is 10.2 Å². The normalized spacial score (nSPS) is 19.7. The van der Waals surface area contributed by atoms with Crippen LogP contribution < -0.4 is 5.32 Å². The molecule has 1 fully saturated rings. The molecule has 1 N–H and O–H groups in total. The van der Waals surface area contributed by atoms with E-state index in [9.17, 15) is 4.79 Å². The SMILES string of the molecule is CNC1CCCN(C(=O)C(C)c2cc3ccccc3o2)C1.Cl. The highest BCUT2D eigenvalue weighted by Crippen LogP contribution is 2.27. The quantitative estimate of drug-likeness (QED) is 0.944. The van der Waals surface area contributed by atoms with E-state index in [-0.39, 0.29) is 24.2 Å². The number of halogens is 1. The Morgan fingerprint density at radius 3 is 2.91 bits per heavy atom. The van der Waals surface area contributed by atoms with Crippen LogP contribution in [0.5, 0.6) is 0 Å². The van der Waals surface area contributed by atoms with Gasteiger partial charge in [0.05, 0.1) is 5.92 Å². The van der Waals surface area contributed by atoms with E-state index in [0.29, 0.717) is 6.04 Å². The van der Waals surface area contributed by atoms with E-state index >= 15 is 0 Å². The molecule has 1 aliphatic rings. The predicted molar refractivity (Wildman–Crippen MR) is 90.5 cm³/mol. The second kappa shape index (κ2) is 7.16. The summed E-state index contributed by atoms with van der Waals surface area (Å²) in [5, 5.41) is 4.33. The van der Waals surface area contributed by atoms with E-state index in [4.69, 9.17) is 4.42 Å². The number of hydrogen-bond acceptors (Lipinski definition) is 3. The van der Waals surface area contributed by atoms with Crippen LogP contribution in [0.1, 0.15) is 31.4 Å². The van der Waals surface area contributed by atoms with E-state index in [1.807, 2.05) is 49.2 Å². The van der Waals surface area contributed by atoms with Crippen molar-refractivity contribution < 1.29 is 9.21 Å². The van der Waals surface area contributed by atoms with Crippen molar-refractivity contribution in [3.8, 4) is 0 Å². The number of carbonyl (C=O) groups is 1. The lowest BCUT2D eigenvalue weighted by atomic mass is 10.0. The first-order valence-corrected chi connectivity index (χ1v) is 7.63. The monoisotopic (exact) mass is 322 g/mol. The Balaban J connectivity index is 0.00000176. The number of amides is 1. The van der Waals surface area contributed by atoms with E-state index in [0.717, 1.165) is 42.7 Å². The average molecular weight is 323 g/mol. The Hall–Kier alpha value is -1.52. The Morgan fingerprint density at radius 1 is 1.41 bits per heavy atom. The van der Waals surface area contributed by atoms with E-state index in [2.05, 4.69) is 5.32 Å². The number of likely N-dealkylation sites (tertiary alicyclic amines) is 1. The third kappa shape index (κ3) is 3.28. The summed E-state index contributed by atoms with van der Waals surface area (Å²) in [7, 11) is 1.96. The first kappa shape index (κ1) is 16.8. The lowest BCUT2D eigenvalue weighted by Crippen LogP contribution is -2.48. The van der Waals surface area contributed by atoms with Crippen LogP contribution >= 0.6 is 12.4 Å². The third-order valence-corrected chi connectivity index (χ3v) is 4.38. The highest BCUT2D eigenvalue weighted by molar-refractivity contribution is 5.86. The number of carbonyl (C=O) groups excluding carboxylic acids is 1. The molecule has 2 unspecified atom stereocenters. The number of benzene rings is 1. The molecule has 3 rings (SSSR count). The maximum Gasteiger partial charge on any atom is 0.233 e. The molecule has 2 atom stereocenters. The van der Waals surface area contributed by atoms with Gasteiger partial charge in [-0.2, -0.15) is 0 Å². The van der Waals surface area contributed by atoms with Gasteiger partial charge in [0.25, 0.3) is 0 Å². The molecule has 0 saturated carbocycles. The van der Waals surface area contributed by atoms with Gasteiger partial charge >= 0.3 is 0 Å². The van der Waals surface area contributed by atoms with Crippen LogP contribution in [0.4, 0.5) is 0 Å². The molecule has 1 aromatic carbocycles. The van der Waals surface area contributed by atoms with Crippen molar-refractivity contribution in [1.29, 1.82) is 0 Å². The van der Waals surface area contributed by atoms with Gasteiger partial charge in [-0.15, -0.1) is 12.4 Å². The minimum atomic E-state index is -0.229. The zero-order valence-electron chi connectivity index (χ0n) is 13.0. The lowest BCUT2D eigenvalue weighted by molar-refractivity contribution is -0.134. The van der Waals surface area contributed by atoms with Crippen molar-refractivity contribution in [3.63, 3.8) is 0 Å². The van der Waals surface area contributed by atoms with Crippen molar-refractivity contribution in [2.45, 2.75) is 31.7 Å². The molecule has 2 aromatic rings. The van der Waals surface area contributed by atoms with Crippen molar-refractivity contribution in [3.05, 3.63) is 36.1 Å². The molecule has 1 amide bonds. The number of para-hydroxylation sites is 1. The standard InChI is InChI=1S/C17H22N2O2.ClH/c1-12(16-10-13-6-3-4-8-15(13)21-16)17(20)19-9-5-7-14(11-19)18-2;/h3-4,6,8,10,12,14,18H,5,7,9,11H2,1-2H3;1H. The third-order valence-electron chi connectivity index (χ3n) is 4.38. The Bertz CT molecular complexity index is 607. The first-order valence-electron chi connectivity index (χ1n) is 7.63. The van der Waals surface area contributed by atoms with Gasteiger partial charge in [-0.05, 0) is 38.9 Å². The Labute approximate surface area is 137 Å². The van der Waals surface area contributed by atoms with Gasteiger partial charge < -0.3 is 14.6 Å². The maximum absolute atomic E-state index is 12.7. The predicted octanol–water partition coefficient (Wildman–Crippen LogP) is 3.17. The summed E-state index contributed by atoms with van der Waals surface area (Å²) in [4.78, 5) is 14.6. The van der Waals surface area contributed by atoms with Crippen molar-refractivity contribution in [2.24, 2.45) is 0 Å². The number of fused-ring (bicyclic) bond motifs is 1. The number of furan rings is 1. The molecule has 120 valence electrons. The summed E-state index contributed by atoms with van der Waals surface area (Å²) in [5.41, 5.74) is 0.846. The first-order chi connectivity index (χ1) is 10.2. The van der Waals surface area contributed by atoms with Crippen molar-refractivity contribution >= 4 is 29.3 Å². The van der Waals surface area contributed by atoms with Gasteiger partial charge in [-0.3, -0.25) is 4.79 Å². The summed E-state index contributed by atoms with van der Waals surface area (Å²) in [6.07, 6.45) is 2.20. The number of rotatable bonds is 3. The number of hydrogen-bond donors (Lipinski definition) is 1. The smallest absolute Gasteiger partial charge is 0.233 e. The van der Waals surface area contributed by atoms with E-state index < -0.39 is 0 Å². The van der Waals surface area contributed by atoms with Crippen LogP contribution in [-0.2, 0) is 4.79 Å². The molecule has 0 aliphatic carbocycles. The highest BCUT2D eigenvalue weighted by atomic mass is 35.5. The zero-order chi connectivity index (χ0) is 14.8. The van der Waals surface area contributed by atoms with Gasteiger partial charge in [0.15, 0.2) is 0 Å². The fraction of sp³-hybridized carbons (Fsp3) is 0.471. The number of piperidine rings is 1. The molecule has 1 aliphatic heterocycles. The molecule has 1 saturated heterocycles. The Morgan fingerprint density at radius 2 is 2.18 bits per heavy atom. The van der Waals surface area contributed by atoms with Gasteiger partial charge in [0.1, 0.15) is 11.3 Å². The summed E-state index contributed by atoms with van der Waals surface area (Å²) in [5.74, 6) is 0.690. The fourth-order valence-electron chi connectivity index (χ4n) is 3.02. The van der Waals surface area contributed by atoms with Gasteiger partial charge in [-0.1, -0.05) is 18.2 Å². The summed E-state index contributed by atoms with van der Waals surface area (Å²) < 4.78 is 5.83. The van der Waals surface area contributed by atoms with E-state index in [1.54, 1.807) is 0 Å². The van der Waals surface area contributed by atoms with Crippen LogP contribution in [0.2, 0.25) is 0 Å². The number of nitrogens with one attached hydrogen (secondary N) is 1. The number of likely N-dealkylation sites (N-methyl/N-ethyl adjacent to an activating group) is 1. The average Bonchev–Trinajstić information content (AvgIpc) is 2.97. The highest BCUT2D eigenvalue weighted by Gasteiger charge is 2.28. The summed E-state index contributed by atoms with van der Waals surface area (Å²) in [6.45, 7) is 3.57. The molecule has 22 heavy (non-hydrogen) atoms. The second-order valence-electron chi connectivity index (χ2n) is 5.82. The lowest BCUT2D eigenvalue weighted by Gasteiger charge is -2.33. The minimum absolute atomic E-state index is 0. The molecule has 0 bridgehead atoms. The Kier molecular flexibility index (Phi) is 5.48. The molecule has 0 radical (unpaired) electrons. The largest absolute Gasteiger partial charge is 0.460 e. The fourth-order valence-corrected chi connectivity index (χ4v) is 3.02. The topological polar surface area (TPSA) is 45.5 Å². The second-order valence-corrected chi connectivity index (χ2v) is 5.82. The molecule has 1 aromatic heterocycles. The van der Waals surface area contributed by atoms with Crippen molar-refractivity contribution in [2.75, 3.05) is 20.1 Å². The summed E-state index contributed by atoms with van der Waals surface area (Å²) in [6, 6.07) is 10.3. The van der Waals surface area contributed by atoms with Gasteiger partial charge in [0, 0.05) is 24.5 Å². The van der Waals surface area contributed by atoms with E-state index in [1.165, 1.54) is 0 Å². The molecule has 4 nitrogen and oxygen atoms in total. The van der Waals surface area contributed by atoms with Crippen LogP contribution in [-0.4, -0.2) is 37.0 Å². The van der Waals surface area contributed by atoms with Gasteiger partial charge in [-0.25, -0.2) is 0 Å². The van der Waals surface area contributed by atoms with Crippen LogP contribution in [0.3, 0.4) is 0 Å². The maximum atomic E-state index is 12.7. The summed E-state index contributed by atoms with van der Waals surface area (Å²) >= 11 is 0. The molecular formula is C17H23ClN2O2. The molecule has 5 heteroatoms. The van der Waals surface area contributed by atoms with Crippen LogP contribution in [0.15, 0.2) is 34.7 Å². The molecular weight excluding hydrogens is 300 g/mol. The number of nitrogens with zero attached hydrogens (tertiary/aromatic N) is 1. The molecule has 2 heterocycles. The minimum Gasteiger partial charge on any atom is -0.460 e. The van der Waals surface area contributed by atoms with Gasteiger partial charge in [0.2, 0.25) is 5.91 Å². The molecule has 0 spiro atoms. The zero-order valence-corrected chi connectivity index (χ0v) is 13.9. The van der Waals surface area contributed by atoms with Crippen LogP contribution in [0, 0.1) is 0 Å². The van der Waals surface area contributed by atoms with Crippen LogP contribution in [0.25, 0.3) is 11.0 Å².